The first-order chi connectivity index (χ1) is 11.4. The van der Waals surface area contributed by atoms with Crippen molar-refractivity contribution in [2.24, 2.45) is 0 Å². The molecule has 7 heteroatoms. The number of methoxy groups -OCH3 is 1. The predicted octanol–water partition coefficient (Wildman–Crippen LogP) is 2.22. The molecular formula is C17H25FN2O3S. The van der Waals surface area contributed by atoms with Gasteiger partial charge in [-0.1, -0.05) is 6.07 Å². The number of halogens is 1. The fourth-order valence-corrected chi connectivity index (χ4v) is 5.14. The quantitative estimate of drug-likeness (QED) is 0.784. The van der Waals surface area contributed by atoms with Crippen molar-refractivity contribution in [2.75, 3.05) is 27.2 Å². The third kappa shape index (κ3) is 3.73. The van der Waals surface area contributed by atoms with Gasteiger partial charge < -0.3 is 4.74 Å². The van der Waals surface area contributed by atoms with Gasteiger partial charge in [0.25, 0.3) is 0 Å². The van der Waals surface area contributed by atoms with Crippen LogP contribution in [0.15, 0.2) is 18.2 Å². The van der Waals surface area contributed by atoms with E-state index in [9.17, 15) is 12.8 Å². The fraction of sp³-hybridized carbons (Fsp3) is 0.647. The van der Waals surface area contributed by atoms with Gasteiger partial charge in [0, 0.05) is 26.2 Å². The van der Waals surface area contributed by atoms with Crippen molar-refractivity contribution in [3.05, 3.63) is 29.6 Å². The molecule has 1 aliphatic heterocycles. The van der Waals surface area contributed by atoms with E-state index >= 15 is 0 Å². The molecule has 0 spiro atoms. The molecule has 1 aliphatic carbocycles. The smallest absolute Gasteiger partial charge is 0.217 e. The second kappa shape index (κ2) is 6.98. The van der Waals surface area contributed by atoms with E-state index in [2.05, 4.69) is 4.90 Å². The van der Waals surface area contributed by atoms with E-state index in [1.165, 1.54) is 13.2 Å². The zero-order chi connectivity index (χ0) is 17.3. The predicted molar refractivity (Wildman–Crippen MR) is 91.0 cm³/mol. The fourth-order valence-electron chi connectivity index (χ4n) is 3.35. The number of benzene rings is 1. The highest BCUT2D eigenvalue weighted by atomic mass is 32.2. The minimum absolute atomic E-state index is 0.00689. The van der Waals surface area contributed by atoms with Gasteiger partial charge in [-0.05, 0) is 49.9 Å². The minimum Gasteiger partial charge on any atom is -0.494 e. The lowest BCUT2D eigenvalue weighted by Gasteiger charge is -2.37. The maximum absolute atomic E-state index is 13.8. The molecule has 1 atom stereocenters. The van der Waals surface area contributed by atoms with Crippen molar-refractivity contribution in [2.45, 2.75) is 43.5 Å². The van der Waals surface area contributed by atoms with Crippen molar-refractivity contribution in [1.82, 2.24) is 9.21 Å². The third-order valence-corrected chi connectivity index (χ3v) is 7.38. The van der Waals surface area contributed by atoms with Crippen LogP contribution in [0.2, 0.25) is 0 Å². The molecule has 2 fully saturated rings. The Morgan fingerprint density at radius 2 is 2.08 bits per heavy atom. The second-order valence-electron chi connectivity index (χ2n) is 6.76. The van der Waals surface area contributed by atoms with Crippen LogP contribution in [0.25, 0.3) is 0 Å². The number of nitrogens with zero attached hydrogens (tertiary/aromatic N) is 2. The number of likely N-dealkylation sites (N-methyl/N-ethyl adjacent to an activating group) is 1. The summed E-state index contributed by atoms with van der Waals surface area (Å²) in [5.74, 6) is -0.123. The van der Waals surface area contributed by atoms with Gasteiger partial charge in [0.15, 0.2) is 11.6 Å². The second-order valence-corrected chi connectivity index (χ2v) is 9.03. The number of piperidine rings is 1. The summed E-state index contributed by atoms with van der Waals surface area (Å²) in [4.78, 5) is 2.20. The number of ether oxygens (including phenoxy) is 1. The molecule has 134 valence electrons. The molecule has 1 aromatic rings. The molecule has 0 aromatic heterocycles. The summed E-state index contributed by atoms with van der Waals surface area (Å²) in [5.41, 5.74) is 0.877. The Kier molecular flexibility index (Phi) is 5.13. The Bertz CT molecular complexity index is 691. The highest BCUT2D eigenvalue weighted by Crippen LogP contribution is 2.32. The summed E-state index contributed by atoms with van der Waals surface area (Å²) < 4.78 is 45.2. The first kappa shape index (κ1) is 17.6. The van der Waals surface area contributed by atoms with E-state index < -0.39 is 10.0 Å². The molecule has 1 heterocycles. The molecule has 3 rings (SSSR count). The van der Waals surface area contributed by atoms with E-state index in [4.69, 9.17) is 4.74 Å². The van der Waals surface area contributed by atoms with E-state index in [-0.39, 0.29) is 22.9 Å². The van der Waals surface area contributed by atoms with Crippen LogP contribution in [-0.4, -0.2) is 56.2 Å². The molecule has 1 unspecified atom stereocenters. The van der Waals surface area contributed by atoms with Crippen molar-refractivity contribution >= 4 is 10.0 Å². The number of rotatable bonds is 6. The monoisotopic (exact) mass is 356 g/mol. The average molecular weight is 356 g/mol. The van der Waals surface area contributed by atoms with Crippen LogP contribution >= 0.6 is 0 Å². The first-order valence-corrected chi connectivity index (χ1v) is 9.93. The topological polar surface area (TPSA) is 49.9 Å². The van der Waals surface area contributed by atoms with Crippen molar-refractivity contribution in [1.29, 1.82) is 0 Å². The lowest BCUT2D eigenvalue weighted by molar-refractivity contribution is 0.153. The first-order valence-electron chi connectivity index (χ1n) is 8.43. The molecule has 1 saturated heterocycles. The number of sulfonamides is 1. The van der Waals surface area contributed by atoms with E-state index in [0.29, 0.717) is 13.1 Å². The molecular weight excluding hydrogens is 331 g/mol. The standard InChI is InChI=1S/C17H25FN2O3S/c1-19(24(21,22)15-6-7-15)14-4-3-9-20(12-14)11-13-5-8-17(23-2)16(18)10-13/h5,8,10,14-15H,3-4,6-7,9,11-12H2,1-2H3. The summed E-state index contributed by atoms with van der Waals surface area (Å²) in [6, 6.07) is 4.99. The van der Waals surface area contributed by atoms with Crippen LogP contribution in [0.1, 0.15) is 31.2 Å². The Labute approximate surface area is 143 Å². The highest BCUT2D eigenvalue weighted by molar-refractivity contribution is 7.90. The summed E-state index contributed by atoms with van der Waals surface area (Å²) in [6.07, 6.45) is 3.41. The lowest BCUT2D eigenvalue weighted by Crippen LogP contribution is -2.49. The van der Waals surface area contributed by atoms with Crippen molar-refractivity contribution in [3.8, 4) is 5.75 Å². The normalized spacial score (nSPS) is 22.8. The lowest BCUT2D eigenvalue weighted by atomic mass is 10.0. The maximum Gasteiger partial charge on any atom is 0.217 e. The van der Waals surface area contributed by atoms with E-state index in [0.717, 1.165) is 37.8 Å². The van der Waals surface area contributed by atoms with Gasteiger partial charge in [-0.3, -0.25) is 4.90 Å². The Hall–Kier alpha value is -1.18. The van der Waals surface area contributed by atoms with Crippen LogP contribution in [0.5, 0.6) is 5.75 Å². The Morgan fingerprint density at radius 3 is 2.71 bits per heavy atom. The van der Waals surface area contributed by atoms with E-state index in [1.807, 2.05) is 6.07 Å². The van der Waals surface area contributed by atoms with Gasteiger partial charge in [-0.2, -0.15) is 0 Å². The summed E-state index contributed by atoms with van der Waals surface area (Å²) in [7, 11) is 0.00383. The highest BCUT2D eigenvalue weighted by Gasteiger charge is 2.41. The number of hydrogen-bond acceptors (Lipinski definition) is 4. The number of hydrogen-bond donors (Lipinski definition) is 0. The molecule has 0 N–H and O–H groups in total. The van der Waals surface area contributed by atoms with E-state index in [1.54, 1.807) is 17.4 Å². The van der Waals surface area contributed by atoms with Crippen molar-refractivity contribution in [3.63, 3.8) is 0 Å². The number of likely N-dealkylation sites (tertiary alicyclic amines) is 1. The molecule has 0 bridgehead atoms. The van der Waals surface area contributed by atoms with Crippen LogP contribution in [-0.2, 0) is 16.6 Å². The largest absolute Gasteiger partial charge is 0.494 e. The van der Waals surface area contributed by atoms with Gasteiger partial charge in [0.1, 0.15) is 0 Å². The van der Waals surface area contributed by atoms with Crippen LogP contribution in [0, 0.1) is 5.82 Å². The minimum atomic E-state index is -3.15. The van der Waals surface area contributed by atoms with Crippen LogP contribution in [0.3, 0.4) is 0 Å². The summed E-state index contributed by atoms with van der Waals surface area (Å²) in [6.45, 7) is 2.21. The molecule has 1 saturated carbocycles. The maximum atomic E-state index is 13.8. The SMILES string of the molecule is COc1ccc(CN2CCCC(N(C)S(=O)(=O)C3CC3)C2)cc1F. The van der Waals surface area contributed by atoms with Gasteiger partial charge in [-0.15, -0.1) is 0 Å². The summed E-state index contributed by atoms with van der Waals surface area (Å²) >= 11 is 0. The van der Waals surface area contributed by atoms with Crippen LogP contribution in [0.4, 0.5) is 4.39 Å². The molecule has 24 heavy (non-hydrogen) atoms. The van der Waals surface area contributed by atoms with Gasteiger partial charge in [-0.25, -0.2) is 17.1 Å². The van der Waals surface area contributed by atoms with Crippen LogP contribution < -0.4 is 4.74 Å². The molecule has 0 radical (unpaired) electrons. The zero-order valence-electron chi connectivity index (χ0n) is 14.2. The average Bonchev–Trinajstić information content (AvgIpc) is 3.40. The van der Waals surface area contributed by atoms with Gasteiger partial charge in [0.2, 0.25) is 10.0 Å². The molecule has 0 amide bonds. The van der Waals surface area contributed by atoms with Crippen molar-refractivity contribution < 1.29 is 17.5 Å². The summed E-state index contributed by atoms with van der Waals surface area (Å²) in [5, 5.41) is -0.173. The zero-order valence-corrected chi connectivity index (χ0v) is 15.1. The Balaban J connectivity index is 1.64. The molecule has 1 aromatic carbocycles. The molecule has 2 aliphatic rings. The third-order valence-electron chi connectivity index (χ3n) is 4.96. The van der Waals surface area contributed by atoms with Gasteiger partial charge in [0.05, 0.1) is 12.4 Å². The van der Waals surface area contributed by atoms with Gasteiger partial charge >= 0.3 is 0 Å². The Morgan fingerprint density at radius 1 is 1.33 bits per heavy atom. The molecule has 5 nitrogen and oxygen atoms in total.